The number of carbonyl (C=O) groups excluding carboxylic acids is 2. The van der Waals surface area contributed by atoms with Gasteiger partial charge in [0.1, 0.15) is 23.0 Å². The van der Waals surface area contributed by atoms with Gasteiger partial charge in [0, 0.05) is 0 Å². The molecule has 0 spiro atoms. The first-order valence-corrected chi connectivity index (χ1v) is 5.72. The first-order valence-electron chi connectivity index (χ1n) is 5.72. The van der Waals surface area contributed by atoms with E-state index in [1.807, 2.05) is 0 Å². The molecule has 6 heteroatoms. The maximum atomic E-state index is 11.9. The van der Waals surface area contributed by atoms with E-state index in [0.717, 1.165) is 0 Å². The second-order valence-corrected chi connectivity index (χ2v) is 5.85. The molecular formula is C13H20N2O4. The Morgan fingerprint density at radius 1 is 1.00 bits per heavy atom. The van der Waals surface area contributed by atoms with Crippen molar-refractivity contribution in [3.05, 3.63) is 12.3 Å². The van der Waals surface area contributed by atoms with Gasteiger partial charge in [-0.2, -0.15) is 10.2 Å². The first-order chi connectivity index (χ1) is 8.37. The molecule has 0 rings (SSSR count). The third kappa shape index (κ3) is 6.46. The van der Waals surface area contributed by atoms with E-state index in [-0.39, 0.29) is 5.70 Å². The van der Waals surface area contributed by atoms with Crippen molar-refractivity contribution in [3.63, 3.8) is 0 Å². The molecule has 0 aromatic rings. The number of rotatable bonds is 1. The van der Waals surface area contributed by atoms with Gasteiger partial charge in [-0.15, -0.1) is 0 Å². The first kappa shape index (κ1) is 17.0. The average Bonchev–Trinajstić information content (AvgIpc) is 2.11. The lowest BCUT2D eigenvalue weighted by Gasteiger charge is -2.27. The summed E-state index contributed by atoms with van der Waals surface area (Å²) in [5, 5.41) is 8.79. The number of imide groups is 1. The molecule has 0 saturated heterocycles. The second kappa shape index (κ2) is 5.74. The van der Waals surface area contributed by atoms with Gasteiger partial charge in [-0.25, -0.2) is 9.59 Å². The van der Waals surface area contributed by atoms with Crippen molar-refractivity contribution in [2.24, 2.45) is 0 Å². The lowest BCUT2D eigenvalue weighted by Crippen LogP contribution is -2.42. The Morgan fingerprint density at radius 2 is 1.32 bits per heavy atom. The topological polar surface area (TPSA) is 79.6 Å². The Bertz CT molecular complexity index is 393. The molecular weight excluding hydrogens is 248 g/mol. The zero-order chi connectivity index (χ0) is 15.4. The highest BCUT2D eigenvalue weighted by Gasteiger charge is 2.33. The lowest BCUT2D eigenvalue weighted by atomic mass is 10.2. The van der Waals surface area contributed by atoms with Crippen LogP contribution in [0.3, 0.4) is 0 Å². The number of nitriles is 1. The highest BCUT2D eigenvalue weighted by molar-refractivity contribution is 5.91. The highest BCUT2D eigenvalue weighted by atomic mass is 16.6. The Kier molecular flexibility index (Phi) is 5.13. The van der Waals surface area contributed by atoms with E-state index >= 15 is 0 Å². The summed E-state index contributed by atoms with van der Waals surface area (Å²) >= 11 is 0. The van der Waals surface area contributed by atoms with Gasteiger partial charge in [0.25, 0.3) is 0 Å². The van der Waals surface area contributed by atoms with Crippen LogP contribution in [0.4, 0.5) is 9.59 Å². The summed E-state index contributed by atoms with van der Waals surface area (Å²) in [6.07, 6.45) is -1.98. The van der Waals surface area contributed by atoms with Crippen LogP contribution in [0.1, 0.15) is 41.5 Å². The summed E-state index contributed by atoms with van der Waals surface area (Å²) in [7, 11) is 0. The van der Waals surface area contributed by atoms with Crippen LogP contribution in [0.5, 0.6) is 0 Å². The SMILES string of the molecule is C=C(C#N)N(C(=O)OC(C)(C)C)C(=O)OC(C)(C)C. The molecule has 19 heavy (non-hydrogen) atoms. The monoisotopic (exact) mass is 268 g/mol. The van der Waals surface area contributed by atoms with Crippen molar-refractivity contribution in [3.8, 4) is 6.07 Å². The fourth-order valence-electron chi connectivity index (χ4n) is 0.960. The third-order valence-corrected chi connectivity index (χ3v) is 1.55. The molecule has 6 nitrogen and oxygen atoms in total. The van der Waals surface area contributed by atoms with Crippen molar-refractivity contribution in [2.75, 3.05) is 0 Å². The molecule has 0 aliphatic rings. The highest BCUT2D eigenvalue weighted by Crippen LogP contribution is 2.17. The molecule has 0 aliphatic heterocycles. The van der Waals surface area contributed by atoms with E-state index in [9.17, 15) is 9.59 Å². The molecule has 106 valence electrons. The largest absolute Gasteiger partial charge is 0.443 e. The lowest BCUT2D eigenvalue weighted by molar-refractivity contribution is 0.00928. The predicted molar refractivity (Wildman–Crippen MR) is 69.1 cm³/mol. The summed E-state index contributed by atoms with van der Waals surface area (Å²) in [4.78, 5) is 24.2. The van der Waals surface area contributed by atoms with Crippen LogP contribution in [0, 0.1) is 11.3 Å². The van der Waals surface area contributed by atoms with Crippen LogP contribution < -0.4 is 0 Å². The van der Waals surface area contributed by atoms with Crippen molar-refractivity contribution in [1.29, 1.82) is 5.26 Å². The molecule has 0 aromatic heterocycles. The summed E-state index contributed by atoms with van der Waals surface area (Å²) < 4.78 is 10.1. The van der Waals surface area contributed by atoms with Gasteiger partial charge in [0.05, 0.1) is 0 Å². The number of ether oxygens (including phenoxy) is 2. The molecule has 0 unspecified atom stereocenters. The van der Waals surface area contributed by atoms with Crippen molar-refractivity contribution in [1.82, 2.24) is 4.90 Å². The minimum atomic E-state index is -0.992. The van der Waals surface area contributed by atoms with Gasteiger partial charge in [-0.1, -0.05) is 6.58 Å². The van der Waals surface area contributed by atoms with Crippen molar-refractivity contribution in [2.45, 2.75) is 52.7 Å². The molecule has 0 fully saturated rings. The number of hydrogen-bond acceptors (Lipinski definition) is 5. The average molecular weight is 268 g/mol. The summed E-state index contributed by atoms with van der Waals surface area (Å²) in [6, 6.07) is 1.63. The second-order valence-electron chi connectivity index (χ2n) is 5.85. The number of carbonyl (C=O) groups is 2. The summed E-state index contributed by atoms with van der Waals surface area (Å²) in [5.74, 6) is 0. The maximum Gasteiger partial charge on any atom is 0.425 e. The Morgan fingerprint density at radius 3 is 1.53 bits per heavy atom. The predicted octanol–water partition coefficient (Wildman–Crippen LogP) is 3.20. The number of allylic oxidation sites excluding steroid dienone is 1. The van der Waals surface area contributed by atoms with E-state index in [1.165, 1.54) is 0 Å². The molecule has 0 atom stereocenters. The van der Waals surface area contributed by atoms with Crippen LogP contribution in [0.15, 0.2) is 12.3 Å². The van der Waals surface area contributed by atoms with Crippen LogP contribution >= 0.6 is 0 Å². The molecule has 0 heterocycles. The molecule has 0 aromatic carbocycles. The Balaban J connectivity index is 5.15. The van der Waals surface area contributed by atoms with E-state index in [1.54, 1.807) is 47.6 Å². The smallest absolute Gasteiger partial charge is 0.425 e. The van der Waals surface area contributed by atoms with Gasteiger partial charge in [-0.3, -0.25) is 0 Å². The molecule has 0 N–H and O–H groups in total. The Hall–Kier alpha value is -2.03. The van der Waals surface area contributed by atoms with Crippen LogP contribution in [0.25, 0.3) is 0 Å². The minimum Gasteiger partial charge on any atom is -0.443 e. The normalized spacial score (nSPS) is 11.2. The number of nitrogens with zero attached hydrogens (tertiary/aromatic N) is 2. The van der Waals surface area contributed by atoms with Gasteiger partial charge >= 0.3 is 12.2 Å². The zero-order valence-electron chi connectivity index (χ0n) is 12.2. The molecule has 0 bridgehead atoms. The molecule has 0 saturated carbocycles. The van der Waals surface area contributed by atoms with E-state index in [4.69, 9.17) is 14.7 Å². The van der Waals surface area contributed by atoms with Gasteiger partial charge in [0.2, 0.25) is 0 Å². The molecule has 0 radical (unpaired) electrons. The summed E-state index contributed by atoms with van der Waals surface area (Å²) in [6.45, 7) is 13.2. The van der Waals surface area contributed by atoms with Gasteiger partial charge in [-0.05, 0) is 41.5 Å². The van der Waals surface area contributed by atoms with E-state index < -0.39 is 23.4 Å². The van der Waals surface area contributed by atoms with E-state index in [0.29, 0.717) is 4.90 Å². The number of hydrogen-bond donors (Lipinski definition) is 0. The van der Waals surface area contributed by atoms with Gasteiger partial charge in [0.15, 0.2) is 0 Å². The Labute approximate surface area is 113 Å². The molecule has 2 amide bonds. The zero-order valence-corrected chi connectivity index (χ0v) is 12.2. The summed E-state index contributed by atoms with van der Waals surface area (Å²) in [5.41, 5.74) is -1.95. The maximum absolute atomic E-state index is 11.9. The minimum absolute atomic E-state index is 0.358. The van der Waals surface area contributed by atoms with Crippen molar-refractivity contribution < 1.29 is 19.1 Å². The van der Waals surface area contributed by atoms with Crippen molar-refractivity contribution >= 4 is 12.2 Å². The van der Waals surface area contributed by atoms with Crippen LogP contribution in [-0.2, 0) is 9.47 Å². The van der Waals surface area contributed by atoms with E-state index in [2.05, 4.69) is 6.58 Å². The van der Waals surface area contributed by atoms with Crippen LogP contribution in [-0.4, -0.2) is 28.3 Å². The number of amides is 2. The van der Waals surface area contributed by atoms with Gasteiger partial charge < -0.3 is 9.47 Å². The fraction of sp³-hybridized carbons (Fsp3) is 0.615. The fourth-order valence-corrected chi connectivity index (χ4v) is 0.960. The molecule has 0 aliphatic carbocycles. The quantitative estimate of drug-likeness (QED) is 0.682. The van der Waals surface area contributed by atoms with Crippen LogP contribution in [0.2, 0.25) is 0 Å². The third-order valence-electron chi connectivity index (χ3n) is 1.55. The standard InChI is InChI=1S/C13H20N2O4/c1-9(8-14)15(10(16)18-12(2,3)4)11(17)19-13(5,6)7/h1H2,2-7H3.